The van der Waals surface area contributed by atoms with Gasteiger partial charge in [-0.15, -0.1) is 0 Å². The Balaban J connectivity index is 1.74. The minimum Gasteiger partial charge on any atom is -0.342 e. The largest absolute Gasteiger partial charge is 0.342 e. The number of aromatic nitrogens is 2. The standard InChI is InChI=1S/C21H23Cl2N5O2/c1-3-28(9-8-24)21(30)15-6-4-13(10-16(15)23)20(29)25-12(2)19-26-17-7-5-14(22)11-18(17)27-19/h4-7,10-12H,3,8-9,24H2,1-2H3,(H,25,29)(H,26,27). The van der Waals surface area contributed by atoms with E-state index in [4.69, 9.17) is 28.9 Å². The minimum atomic E-state index is -0.371. The molecule has 1 atom stereocenters. The van der Waals surface area contributed by atoms with Gasteiger partial charge in [0.25, 0.3) is 11.8 Å². The average molecular weight is 448 g/mol. The Labute approximate surface area is 184 Å². The second kappa shape index (κ2) is 9.47. The van der Waals surface area contributed by atoms with E-state index in [0.717, 1.165) is 11.0 Å². The first-order valence-electron chi connectivity index (χ1n) is 9.59. The van der Waals surface area contributed by atoms with E-state index in [0.29, 0.717) is 41.6 Å². The molecule has 30 heavy (non-hydrogen) atoms. The van der Waals surface area contributed by atoms with Crippen LogP contribution in [0, 0.1) is 0 Å². The lowest BCUT2D eigenvalue weighted by molar-refractivity contribution is 0.0768. The van der Waals surface area contributed by atoms with E-state index in [1.54, 1.807) is 29.2 Å². The van der Waals surface area contributed by atoms with Gasteiger partial charge in [0.2, 0.25) is 0 Å². The number of nitrogens with two attached hydrogens (primary N) is 1. The molecule has 0 aliphatic heterocycles. The van der Waals surface area contributed by atoms with Gasteiger partial charge in [0.15, 0.2) is 0 Å². The van der Waals surface area contributed by atoms with Crippen LogP contribution in [0.15, 0.2) is 36.4 Å². The van der Waals surface area contributed by atoms with Crippen molar-refractivity contribution in [1.29, 1.82) is 0 Å². The summed E-state index contributed by atoms with van der Waals surface area (Å²) in [6, 6.07) is 9.61. The van der Waals surface area contributed by atoms with Crippen molar-refractivity contribution in [3.8, 4) is 0 Å². The van der Waals surface area contributed by atoms with E-state index in [9.17, 15) is 9.59 Å². The number of likely N-dealkylation sites (N-methyl/N-ethyl adjacent to an activating group) is 1. The zero-order valence-electron chi connectivity index (χ0n) is 16.7. The Morgan fingerprint density at radius 3 is 2.67 bits per heavy atom. The van der Waals surface area contributed by atoms with Gasteiger partial charge < -0.3 is 20.9 Å². The molecule has 1 unspecified atom stereocenters. The van der Waals surface area contributed by atoms with Crippen LogP contribution >= 0.6 is 23.2 Å². The van der Waals surface area contributed by atoms with Gasteiger partial charge in [0.05, 0.1) is 27.7 Å². The van der Waals surface area contributed by atoms with Gasteiger partial charge in [-0.3, -0.25) is 9.59 Å². The van der Waals surface area contributed by atoms with Crippen molar-refractivity contribution in [2.24, 2.45) is 5.73 Å². The van der Waals surface area contributed by atoms with E-state index < -0.39 is 0 Å². The Morgan fingerprint density at radius 2 is 2.00 bits per heavy atom. The molecule has 0 saturated heterocycles. The van der Waals surface area contributed by atoms with Crippen molar-refractivity contribution in [3.63, 3.8) is 0 Å². The quantitative estimate of drug-likeness (QED) is 0.512. The molecule has 0 saturated carbocycles. The van der Waals surface area contributed by atoms with Crippen LogP contribution in [0.4, 0.5) is 0 Å². The number of nitrogens with zero attached hydrogens (tertiary/aromatic N) is 2. The second-order valence-electron chi connectivity index (χ2n) is 6.85. The molecule has 0 aliphatic rings. The first-order valence-corrected chi connectivity index (χ1v) is 10.3. The normalized spacial score (nSPS) is 12.0. The maximum Gasteiger partial charge on any atom is 0.255 e. The van der Waals surface area contributed by atoms with Crippen LogP contribution in [0.3, 0.4) is 0 Å². The number of aromatic amines is 1. The van der Waals surface area contributed by atoms with Crippen LogP contribution in [0.1, 0.15) is 46.4 Å². The number of carbonyl (C=O) groups excluding carboxylic acids is 2. The third-order valence-electron chi connectivity index (χ3n) is 4.75. The van der Waals surface area contributed by atoms with E-state index in [-0.39, 0.29) is 22.9 Å². The molecular formula is C21H23Cl2N5O2. The van der Waals surface area contributed by atoms with Gasteiger partial charge in [-0.25, -0.2) is 4.98 Å². The number of carbonyl (C=O) groups is 2. The average Bonchev–Trinajstić information content (AvgIpc) is 3.14. The molecule has 0 radical (unpaired) electrons. The van der Waals surface area contributed by atoms with Crippen molar-refractivity contribution < 1.29 is 9.59 Å². The second-order valence-corrected chi connectivity index (χ2v) is 7.69. The monoisotopic (exact) mass is 447 g/mol. The highest BCUT2D eigenvalue weighted by molar-refractivity contribution is 6.34. The predicted molar refractivity (Wildman–Crippen MR) is 119 cm³/mol. The number of nitrogens with one attached hydrogen (secondary N) is 2. The van der Waals surface area contributed by atoms with Crippen LogP contribution < -0.4 is 11.1 Å². The smallest absolute Gasteiger partial charge is 0.255 e. The van der Waals surface area contributed by atoms with E-state index in [1.165, 1.54) is 6.07 Å². The van der Waals surface area contributed by atoms with Crippen LogP contribution in [-0.4, -0.2) is 46.3 Å². The Morgan fingerprint density at radius 1 is 1.23 bits per heavy atom. The number of H-pyrrole nitrogens is 1. The zero-order valence-corrected chi connectivity index (χ0v) is 18.2. The highest BCUT2D eigenvalue weighted by atomic mass is 35.5. The van der Waals surface area contributed by atoms with Crippen molar-refractivity contribution in [1.82, 2.24) is 20.2 Å². The third kappa shape index (κ3) is 4.75. The van der Waals surface area contributed by atoms with Crippen LogP contribution in [-0.2, 0) is 0 Å². The summed E-state index contributed by atoms with van der Waals surface area (Å²) < 4.78 is 0. The van der Waals surface area contributed by atoms with Gasteiger partial charge >= 0.3 is 0 Å². The number of rotatable bonds is 7. The minimum absolute atomic E-state index is 0.214. The number of hydrogen-bond donors (Lipinski definition) is 3. The van der Waals surface area contributed by atoms with Crippen molar-refractivity contribution >= 4 is 46.0 Å². The lowest BCUT2D eigenvalue weighted by atomic mass is 10.1. The fraction of sp³-hybridized carbons (Fsp3) is 0.286. The molecule has 2 aromatic carbocycles. The number of benzene rings is 2. The highest BCUT2D eigenvalue weighted by Crippen LogP contribution is 2.22. The number of imidazole rings is 1. The van der Waals surface area contributed by atoms with E-state index in [1.807, 2.05) is 19.9 Å². The van der Waals surface area contributed by atoms with E-state index in [2.05, 4.69) is 15.3 Å². The molecule has 158 valence electrons. The lowest BCUT2D eigenvalue weighted by Crippen LogP contribution is -2.35. The van der Waals surface area contributed by atoms with Gasteiger partial charge in [-0.2, -0.15) is 0 Å². The summed E-state index contributed by atoms with van der Waals surface area (Å²) in [6.45, 7) is 5.02. The maximum absolute atomic E-state index is 12.7. The molecule has 7 nitrogen and oxygen atoms in total. The van der Waals surface area contributed by atoms with Crippen LogP contribution in [0.2, 0.25) is 10.0 Å². The Bertz CT molecular complexity index is 1080. The molecule has 3 rings (SSSR count). The topological polar surface area (TPSA) is 104 Å². The first kappa shape index (κ1) is 22.1. The third-order valence-corrected chi connectivity index (χ3v) is 5.30. The zero-order chi connectivity index (χ0) is 21.8. The van der Waals surface area contributed by atoms with Crippen molar-refractivity contribution in [2.75, 3.05) is 19.6 Å². The summed E-state index contributed by atoms with van der Waals surface area (Å²) in [5.74, 6) is 0.0734. The molecule has 2 amide bonds. The number of hydrogen-bond acceptors (Lipinski definition) is 4. The summed E-state index contributed by atoms with van der Waals surface area (Å²) in [4.78, 5) is 34.5. The molecule has 4 N–H and O–H groups in total. The molecule has 9 heteroatoms. The van der Waals surface area contributed by atoms with Gasteiger partial charge in [-0.1, -0.05) is 23.2 Å². The SMILES string of the molecule is CCN(CCN)C(=O)c1ccc(C(=O)NC(C)c2nc3ccc(Cl)cc3[nH]2)cc1Cl. The summed E-state index contributed by atoms with van der Waals surface area (Å²) in [5.41, 5.74) is 7.80. The summed E-state index contributed by atoms with van der Waals surface area (Å²) in [6.07, 6.45) is 0. The van der Waals surface area contributed by atoms with Crippen molar-refractivity contribution in [3.05, 3.63) is 63.4 Å². The molecule has 3 aromatic rings. The summed E-state index contributed by atoms with van der Waals surface area (Å²) >= 11 is 12.3. The first-order chi connectivity index (χ1) is 14.3. The van der Waals surface area contributed by atoms with Gasteiger partial charge in [0, 0.05) is 30.2 Å². The summed E-state index contributed by atoms with van der Waals surface area (Å²) in [5, 5.41) is 3.70. The lowest BCUT2D eigenvalue weighted by Gasteiger charge is -2.20. The van der Waals surface area contributed by atoms with Gasteiger partial charge in [0.1, 0.15) is 5.82 Å². The van der Waals surface area contributed by atoms with Crippen LogP contribution in [0.5, 0.6) is 0 Å². The number of halogens is 2. The van der Waals surface area contributed by atoms with Gasteiger partial charge in [-0.05, 0) is 50.2 Å². The number of fused-ring (bicyclic) bond motifs is 1. The molecule has 0 aliphatic carbocycles. The number of amides is 2. The highest BCUT2D eigenvalue weighted by Gasteiger charge is 2.20. The molecular weight excluding hydrogens is 425 g/mol. The molecule has 0 fully saturated rings. The maximum atomic E-state index is 12.7. The molecule has 1 aromatic heterocycles. The predicted octanol–water partition coefficient (Wildman–Crippen LogP) is 3.78. The molecule has 1 heterocycles. The fourth-order valence-corrected chi connectivity index (χ4v) is 3.55. The Hall–Kier alpha value is -2.61. The fourth-order valence-electron chi connectivity index (χ4n) is 3.11. The molecule has 0 spiro atoms. The van der Waals surface area contributed by atoms with Crippen molar-refractivity contribution in [2.45, 2.75) is 19.9 Å². The summed E-state index contributed by atoms with van der Waals surface area (Å²) in [7, 11) is 0. The molecule has 0 bridgehead atoms. The van der Waals surface area contributed by atoms with E-state index >= 15 is 0 Å². The Kier molecular flexibility index (Phi) is 6.97. The van der Waals surface area contributed by atoms with Crippen LogP contribution in [0.25, 0.3) is 11.0 Å².